The molecule has 1 unspecified atom stereocenters. The van der Waals surface area contributed by atoms with E-state index in [1.165, 1.54) is 0 Å². The molecule has 1 heterocycles. The second kappa shape index (κ2) is 4.31. The zero-order valence-corrected chi connectivity index (χ0v) is 9.57. The molecule has 0 spiro atoms. The van der Waals surface area contributed by atoms with Gasteiger partial charge in [0, 0.05) is 0 Å². The van der Waals surface area contributed by atoms with Gasteiger partial charge < -0.3 is 9.52 Å². The summed E-state index contributed by atoms with van der Waals surface area (Å²) in [5.74, 6) is 1.30. The van der Waals surface area contributed by atoms with Crippen LogP contribution in [0.1, 0.15) is 49.7 Å². The zero-order valence-electron chi connectivity index (χ0n) is 9.57. The molecule has 1 aliphatic carbocycles. The number of aryl methyl sites for hydroxylation is 1. The largest absolute Gasteiger partial charge is 0.464 e. The molecule has 3 heteroatoms. The maximum Gasteiger partial charge on any atom is 0.134 e. The van der Waals surface area contributed by atoms with Crippen LogP contribution in [0.4, 0.5) is 0 Å². The maximum atomic E-state index is 10.3. The molecular formula is C13H17NO2. The van der Waals surface area contributed by atoms with Crippen LogP contribution < -0.4 is 0 Å². The molecule has 0 aromatic carbocycles. The first-order valence-corrected chi connectivity index (χ1v) is 5.84. The van der Waals surface area contributed by atoms with Gasteiger partial charge in [-0.25, -0.2) is 0 Å². The topological polar surface area (TPSA) is 57.2 Å². The molecule has 1 fully saturated rings. The number of nitriles is 1. The predicted molar refractivity (Wildman–Crippen MR) is 59.5 cm³/mol. The number of aliphatic hydroxyl groups is 1. The van der Waals surface area contributed by atoms with Crippen molar-refractivity contribution in [3.05, 3.63) is 23.7 Å². The fourth-order valence-corrected chi connectivity index (χ4v) is 2.50. The molecular weight excluding hydrogens is 202 g/mol. The molecule has 3 nitrogen and oxygen atoms in total. The molecule has 2 rings (SSSR count). The van der Waals surface area contributed by atoms with E-state index in [0.717, 1.165) is 37.9 Å². The summed E-state index contributed by atoms with van der Waals surface area (Å²) in [7, 11) is 0. The first kappa shape index (κ1) is 11.2. The van der Waals surface area contributed by atoms with Crippen molar-refractivity contribution in [3.63, 3.8) is 0 Å². The summed E-state index contributed by atoms with van der Waals surface area (Å²) >= 11 is 0. The fraction of sp³-hybridized carbons (Fsp3) is 0.615. The maximum absolute atomic E-state index is 10.3. The molecule has 1 aromatic rings. The summed E-state index contributed by atoms with van der Waals surface area (Å²) in [5, 5.41) is 19.6. The molecule has 86 valence electrons. The van der Waals surface area contributed by atoms with Gasteiger partial charge in [-0.2, -0.15) is 5.26 Å². The van der Waals surface area contributed by atoms with Gasteiger partial charge in [0.1, 0.15) is 17.6 Å². The van der Waals surface area contributed by atoms with Crippen molar-refractivity contribution in [1.29, 1.82) is 5.26 Å². The van der Waals surface area contributed by atoms with Crippen LogP contribution in [0.2, 0.25) is 0 Å². The van der Waals surface area contributed by atoms with Crippen LogP contribution in [0.5, 0.6) is 0 Å². The Morgan fingerprint density at radius 3 is 2.56 bits per heavy atom. The minimum Gasteiger partial charge on any atom is -0.464 e. The van der Waals surface area contributed by atoms with Gasteiger partial charge >= 0.3 is 0 Å². The molecule has 0 aliphatic heterocycles. The Labute approximate surface area is 95.7 Å². The highest BCUT2D eigenvalue weighted by atomic mass is 16.4. The van der Waals surface area contributed by atoms with Crippen LogP contribution >= 0.6 is 0 Å². The minimum absolute atomic E-state index is 0.529. The predicted octanol–water partition coefficient (Wildman–Crippen LogP) is 3.10. The molecule has 0 bridgehead atoms. The summed E-state index contributed by atoms with van der Waals surface area (Å²) < 4.78 is 5.42. The quantitative estimate of drug-likeness (QED) is 0.831. The van der Waals surface area contributed by atoms with Crippen LogP contribution in [-0.4, -0.2) is 5.11 Å². The summed E-state index contributed by atoms with van der Waals surface area (Å²) in [6, 6.07) is 5.91. The van der Waals surface area contributed by atoms with Crippen LogP contribution in [0.3, 0.4) is 0 Å². The van der Waals surface area contributed by atoms with E-state index in [4.69, 9.17) is 4.42 Å². The third-order valence-electron chi connectivity index (χ3n) is 3.52. The molecule has 1 N–H and O–H groups in total. The second-order valence-electron chi connectivity index (χ2n) is 4.68. The summed E-state index contributed by atoms with van der Waals surface area (Å²) in [4.78, 5) is 0. The zero-order chi connectivity index (χ0) is 11.6. The summed E-state index contributed by atoms with van der Waals surface area (Å²) in [6.45, 7) is 1.84. The lowest BCUT2D eigenvalue weighted by Gasteiger charge is -2.33. The summed E-state index contributed by atoms with van der Waals surface area (Å²) in [6.07, 6.45) is 3.95. The highest BCUT2D eigenvalue weighted by Crippen LogP contribution is 2.45. The van der Waals surface area contributed by atoms with Crippen molar-refractivity contribution < 1.29 is 9.52 Å². The van der Waals surface area contributed by atoms with Gasteiger partial charge in [0.15, 0.2) is 0 Å². The average molecular weight is 219 g/mol. The Kier molecular flexibility index (Phi) is 3.02. The third kappa shape index (κ3) is 1.85. The van der Waals surface area contributed by atoms with Gasteiger partial charge in [-0.15, -0.1) is 0 Å². The van der Waals surface area contributed by atoms with Gasteiger partial charge in [-0.05, 0) is 31.9 Å². The monoisotopic (exact) mass is 219 g/mol. The Hall–Kier alpha value is -1.27. The van der Waals surface area contributed by atoms with E-state index in [9.17, 15) is 10.4 Å². The number of furan rings is 1. The molecule has 0 radical (unpaired) electrons. The van der Waals surface area contributed by atoms with E-state index in [0.29, 0.717) is 5.76 Å². The minimum atomic E-state index is -0.786. The Morgan fingerprint density at radius 1 is 1.38 bits per heavy atom. The van der Waals surface area contributed by atoms with Crippen LogP contribution in [0.15, 0.2) is 16.5 Å². The lowest BCUT2D eigenvalue weighted by atomic mass is 9.70. The molecule has 1 aromatic heterocycles. The van der Waals surface area contributed by atoms with E-state index in [1.807, 2.05) is 13.0 Å². The first-order chi connectivity index (χ1) is 7.68. The van der Waals surface area contributed by atoms with Gasteiger partial charge in [0.25, 0.3) is 0 Å². The van der Waals surface area contributed by atoms with E-state index in [-0.39, 0.29) is 0 Å². The highest BCUT2D eigenvalue weighted by Gasteiger charge is 2.41. The number of nitrogens with zero attached hydrogens (tertiary/aromatic N) is 1. The lowest BCUT2D eigenvalue weighted by Crippen LogP contribution is -2.29. The smallest absolute Gasteiger partial charge is 0.134 e. The van der Waals surface area contributed by atoms with Crippen molar-refractivity contribution >= 4 is 0 Å². The average Bonchev–Trinajstić information content (AvgIpc) is 2.76. The van der Waals surface area contributed by atoms with Crippen molar-refractivity contribution in [2.24, 2.45) is 5.41 Å². The van der Waals surface area contributed by atoms with Gasteiger partial charge in [0.2, 0.25) is 0 Å². The Morgan fingerprint density at radius 2 is 2.06 bits per heavy atom. The lowest BCUT2D eigenvalue weighted by molar-refractivity contribution is 0.0193. The normalized spacial score (nSPS) is 21.3. The molecule has 1 aliphatic rings. The van der Waals surface area contributed by atoms with E-state index in [1.54, 1.807) is 6.07 Å². The first-order valence-electron chi connectivity index (χ1n) is 5.84. The van der Waals surface area contributed by atoms with E-state index in [2.05, 4.69) is 6.07 Å². The van der Waals surface area contributed by atoms with Gasteiger partial charge in [0.05, 0.1) is 11.5 Å². The Bertz CT molecular complexity index is 396. The van der Waals surface area contributed by atoms with Crippen molar-refractivity contribution in [2.75, 3.05) is 0 Å². The van der Waals surface area contributed by atoms with E-state index < -0.39 is 11.5 Å². The fourth-order valence-electron chi connectivity index (χ4n) is 2.50. The van der Waals surface area contributed by atoms with E-state index >= 15 is 0 Å². The number of aliphatic hydroxyl groups excluding tert-OH is 1. The molecule has 1 saturated carbocycles. The Balaban J connectivity index is 2.24. The van der Waals surface area contributed by atoms with Gasteiger partial charge in [-0.3, -0.25) is 0 Å². The second-order valence-corrected chi connectivity index (χ2v) is 4.68. The number of hydrogen-bond acceptors (Lipinski definition) is 3. The van der Waals surface area contributed by atoms with Crippen LogP contribution in [-0.2, 0) is 0 Å². The van der Waals surface area contributed by atoms with Crippen LogP contribution in [0, 0.1) is 23.7 Å². The van der Waals surface area contributed by atoms with Crippen molar-refractivity contribution in [3.8, 4) is 6.07 Å². The van der Waals surface area contributed by atoms with Crippen molar-refractivity contribution in [2.45, 2.75) is 45.1 Å². The SMILES string of the molecule is Cc1ccc(C(O)C2(C#N)CCCCC2)o1. The van der Waals surface area contributed by atoms with Crippen LogP contribution in [0.25, 0.3) is 0 Å². The van der Waals surface area contributed by atoms with Crippen molar-refractivity contribution in [1.82, 2.24) is 0 Å². The molecule has 0 amide bonds. The summed E-state index contributed by atoms with van der Waals surface area (Å²) in [5.41, 5.74) is -0.636. The third-order valence-corrected chi connectivity index (χ3v) is 3.52. The standard InChI is InChI=1S/C13H17NO2/c1-10-5-6-11(16-10)12(15)13(9-14)7-3-2-4-8-13/h5-6,12,15H,2-4,7-8H2,1H3. The molecule has 16 heavy (non-hydrogen) atoms. The molecule has 0 saturated heterocycles. The number of rotatable bonds is 2. The highest BCUT2D eigenvalue weighted by molar-refractivity contribution is 5.16. The van der Waals surface area contributed by atoms with Gasteiger partial charge in [-0.1, -0.05) is 19.3 Å². The number of hydrogen-bond donors (Lipinski definition) is 1. The molecule has 1 atom stereocenters.